The molecule has 1 aromatic carbocycles. The molecule has 2 aromatic heterocycles. The van der Waals surface area contributed by atoms with Crippen molar-refractivity contribution >= 4 is 34.4 Å². The van der Waals surface area contributed by atoms with Gasteiger partial charge in [0.15, 0.2) is 0 Å². The van der Waals surface area contributed by atoms with Crippen molar-refractivity contribution in [2.75, 3.05) is 17.7 Å². The first kappa shape index (κ1) is 16.4. The standard InChI is InChI=1S/C19H22N6O/c1-20-18(26)12-6-8-14(9-7-12)23-19-24-16-15(10-11-21-16)17(25-19)22-13-4-2-3-5-13/h6-11,13H,2-5H2,1H3,(H,20,26)(H3,21,22,23,24,25). The zero-order valence-corrected chi connectivity index (χ0v) is 14.7. The molecule has 0 aliphatic heterocycles. The van der Waals surface area contributed by atoms with Gasteiger partial charge >= 0.3 is 0 Å². The lowest BCUT2D eigenvalue weighted by atomic mass is 10.2. The molecule has 1 amide bonds. The Balaban J connectivity index is 1.58. The Labute approximate surface area is 151 Å². The van der Waals surface area contributed by atoms with E-state index in [1.54, 1.807) is 19.2 Å². The third-order valence-electron chi connectivity index (χ3n) is 4.74. The molecule has 0 bridgehead atoms. The van der Waals surface area contributed by atoms with Crippen molar-refractivity contribution in [3.8, 4) is 0 Å². The van der Waals surface area contributed by atoms with Crippen LogP contribution in [0.4, 0.5) is 17.5 Å². The number of carbonyl (C=O) groups excluding carboxylic acids is 1. The van der Waals surface area contributed by atoms with Crippen LogP contribution in [0.25, 0.3) is 11.0 Å². The summed E-state index contributed by atoms with van der Waals surface area (Å²) in [5.41, 5.74) is 2.24. The Morgan fingerprint density at radius 2 is 1.88 bits per heavy atom. The largest absolute Gasteiger partial charge is 0.367 e. The summed E-state index contributed by atoms with van der Waals surface area (Å²) in [6, 6.07) is 9.70. The number of anilines is 3. The lowest BCUT2D eigenvalue weighted by Gasteiger charge is -2.14. The van der Waals surface area contributed by atoms with E-state index in [1.807, 2.05) is 24.4 Å². The second-order valence-corrected chi connectivity index (χ2v) is 6.54. The average Bonchev–Trinajstić information content (AvgIpc) is 3.33. The van der Waals surface area contributed by atoms with Crippen molar-refractivity contribution in [2.24, 2.45) is 0 Å². The van der Waals surface area contributed by atoms with Gasteiger partial charge in [0.2, 0.25) is 5.95 Å². The van der Waals surface area contributed by atoms with Crippen LogP contribution in [0.5, 0.6) is 0 Å². The van der Waals surface area contributed by atoms with Gasteiger partial charge in [0.25, 0.3) is 5.91 Å². The number of carbonyl (C=O) groups is 1. The van der Waals surface area contributed by atoms with Crippen molar-refractivity contribution in [1.29, 1.82) is 0 Å². The number of nitrogens with zero attached hydrogens (tertiary/aromatic N) is 2. The molecular formula is C19H22N6O. The molecule has 1 aliphatic rings. The number of aromatic nitrogens is 3. The second-order valence-electron chi connectivity index (χ2n) is 6.54. The van der Waals surface area contributed by atoms with E-state index in [2.05, 4.69) is 30.9 Å². The van der Waals surface area contributed by atoms with Crippen molar-refractivity contribution in [1.82, 2.24) is 20.3 Å². The number of hydrogen-bond acceptors (Lipinski definition) is 5. The van der Waals surface area contributed by atoms with Crippen molar-refractivity contribution < 1.29 is 4.79 Å². The Bertz CT molecular complexity index is 911. The molecule has 4 rings (SSSR count). The van der Waals surface area contributed by atoms with Gasteiger partial charge in [-0.3, -0.25) is 4.79 Å². The van der Waals surface area contributed by atoms with Crippen LogP contribution in [-0.4, -0.2) is 33.9 Å². The number of H-pyrrole nitrogens is 1. The molecule has 134 valence electrons. The summed E-state index contributed by atoms with van der Waals surface area (Å²) < 4.78 is 0. The van der Waals surface area contributed by atoms with Crippen LogP contribution in [0.3, 0.4) is 0 Å². The smallest absolute Gasteiger partial charge is 0.251 e. The molecule has 0 spiro atoms. The van der Waals surface area contributed by atoms with Crippen LogP contribution >= 0.6 is 0 Å². The maximum Gasteiger partial charge on any atom is 0.251 e. The van der Waals surface area contributed by atoms with E-state index in [0.717, 1.165) is 22.5 Å². The molecule has 1 aliphatic carbocycles. The normalized spacial score (nSPS) is 14.5. The first-order valence-corrected chi connectivity index (χ1v) is 8.94. The van der Waals surface area contributed by atoms with E-state index in [0.29, 0.717) is 17.6 Å². The fourth-order valence-electron chi connectivity index (χ4n) is 3.35. The third kappa shape index (κ3) is 3.33. The molecular weight excluding hydrogens is 328 g/mol. The highest BCUT2D eigenvalue weighted by Crippen LogP contribution is 2.27. The van der Waals surface area contributed by atoms with Gasteiger partial charge in [-0.25, -0.2) is 0 Å². The zero-order valence-electron chi connectivity index (χ0n) is 14.7. The van der Waals surface area contributed by atoms with Gasteiger partial charge < -0.3 is 20.9 Å². The topological polar surface area (TPSA) is 94.7 Å². The molecule has 2 heterocycles. The zero-order chi connectivity index (χ0) is 17.9. The number of hydrogen-bond donors (Lipinski definition) is 4. The highest BCUT2D eigenvalue weighted by molar-refractivity contribution is 5.94. The summed E-state index contributed by atoms with van der Waals surface area (Å²) >= 11 is 0. The van der Waals surface area contributed by atoms with Crippen LogP contribution in [0.2, 0.25) is 0 Å². The fraction of sp³-hybridized carbons (Fsp3) is 0.316. The van der Waals surface area contributed by atoms with Gasteiger partial charge in [0.1, 0.15) is 11.5 Å². The number of aromatic amines is 1. The first-order valence-electron chi connectivity index (χ1n) is 8.94. The van der Waals surface area contributed by atoms with E-state index >= 15 is 0 Å². The molecule has 3 aromatic rings. The maximum absolute atomic E-state index is 11.6. The number of nitrogens with one attached hydrogen (secondary N) is 4. The summed E-state index contributed by atoms with van der Waals surface area (Å²) in [7, 11) is 1.62. The highest BCUT2D eigenvalue weighted by Gasteiger charge is 2.17. The lowest BCUT2D eigenvalue weighted by Crippen LogP contribution is -2.17. The molecule has 7 heteroatoms. The molecule has 1 fully saturated rings. The Morgan fingerprint density at radius 1 is 1.12 bits per heavy atom. The van der Waals surface area contributed by atoms with Crippen LogP contribution in [0.15, 0.2) is 36.5 Å². The Morgan fingerprint density at radius 3 is 2.62 bits per heavy atom. The quantitative estimate of drug-likeness (QED) is 0.566. The monoisotopic (exact) mass is 350 g/mol. The van der Waals surface area contributed by atoms with E-state index in [4.69, 9.17) is 0 Å². The summed E-state index contributed by atoms with van der Waals surface area (Å²) in [5.74, 6) is 1.27. The number of rotatable bonds is 5. The number of amides is 1. The highest BCUT2D eigenvalue weighted by atomic mass is 16.1. The van der Waals surface area contributed by atoms with Crippen molar-refractivity contribution in [3.63, 3.8) is 0 Å². The fourth-order valence-corrected chi connectivity index (χ4v) is 3.35. The third-order valence-corrected chi connectivity index (χ3v) is 4.74. The number of fused-ring (bicyclic) bond motifs is 1. The summed E-state index contributed by atoms with van der Waals surface area (Å²) in [6.45, 7) is 0. The molecule has 0 radical (unpaired) electrons. The number of benzene rings is 1. The lowest BCUT2D eigenvalue weighted by molar-refractivity contribution is 0.0963. The minimum Gasteiger partial charge on any atom is -0.367 e. The molecule has 0 unspecified atom stereocenters. The molecule has 0 saturated heterocycles. The van der Waals surface area contributed by atoms with Crippen LogP contribution < -0.4 is 16.0 Å². The van der Waals surface area contributed by atoms with Gasteiger partial charge in [-0.15, -0.1) is 0 Å². The molecule has 0 atom stereocenters. The predicted molar refractivity (Wildman–Crippen MR) is 103 cm³/mol. The van der Waals surface area contributed by atoms with Crippen molar-refractivity contribution in [2.45, 2.75) is 31.7 Å². The molecule has 7 nitrogen and oxygen atoms in total. The maximum atomic E-state index is 11.6. The molecule has 4 N–H and O–H groups in total. The Hall–Kier alpha value is -3.09. The van der Waals surface area contributed by atoms with Gasteiger partial charge in [-0.2, -0.15) is 9.97 Å². The summed E-state index contributed by atoms with van der Waals surface area (Å²) in [6.07, 6.45) is 6.77. The first-order chi connectivity index (χ1) is 12.7. The second kappa shape index (κ2) is 7.03. The molecule has 26 heavy (non-hydrogen) atoms. The van der Waals surface area contributed by atoms with Crippen LogP contribution in [0.1, 0.15) is 36.0 Å². The SMILES string of the molecule is CNC(=O)c1ccc(Nc2nc(NC3CCCC3)c3cc[nH]c3n2)cc1. The van der Waals surface area contributed by atoms with Gasteiger partial charge in [0, 0.05) is 30.5 Å². The van der Waals surface area contributed by atoms with Crippen LogP contribution in [0, 0.1) is 0 Å². The van der Waals surface area contributed by atoms with E-state index in [9.17, 15) is 4.79 Å². The minimum absolute atomic E-state index is 0.108. The van der Waals surface area contributed by atoms with E-state index in [1.165, 1.54) is 25.7 Å². The van der Waals surface area contributed by atoms with E-state index < -0.39 is 0 Å². The van der Waals surface area contributed by atoms with Gasteiger partial charge in [-0.05, 0) is 43.2 Å². The van der Waals surface area contributed by atoms with Gasteiger partial charge in [0.05, 0.1) is 5.39 Å². The molecule has 1 saturated carbocycles. The Kier molecular flexibility index (Phi) is 4.43. The average molecular weight is 350 g/mol. The minimum atomic E-state index is -0.108. The summed E-state index contributed by atoms with van der Waals surface area (Å²) in [4.78, 5) is 24.0. The van der Waals surface area contributed by atoms with E-state index in [-0.39, 0.29) is 5.91 Å². The van der Waals surface area contributed by atoms with Crippen molar-refractivity contribution in [3.05, 3.63) is 42.1 Å². The predicted octanol–water partition coefficient (Wildman–Crippen LogP) is 3.42. The summed E-state index contributed by atoms with van der Waals surface area (Å²) in [5, 5.41) is 10.4. The van der Waals surface area contributed by atoms with Crippen LogP contribution in [-0.2, 0) is 0 Å². The van der Waals surface area contributed by atoms with Gasteiger partial charge in [-0.1, -0.05) is 12.8 Å².